The molecule has 0 radical (unpaired) electrons. The molecule has 0 spiro atoms. The standard InChI is InChI=1S/C45H34N6O/c1-27-12-5-6-15-32(27)43-47-48-44-37-26-41(30(4)24-36(37)34-17-8-10-19-39(34)51(43)44)52-31-20-21-35-33-16-7-9-18-38(33)50(40(35)25-31)45-46-22-23-49(45)42-28(2)13-11-14-29(42)3/h5-26H,1-4H3. The first kappa shape index (κ1) is 30.1. The molecule has 0 saturated carbocycles. The fourth-order valence-electron chi connectivity index (χ4n) is 7.96. The summed E-state index contributed by atoms with van der Waals surface area (Å²) in [6, 6.07) is 42.4. The van der Waals surface area contributed by atoms with Crippen LogP contribution in [0, 0.1) is 27.7 Å². The van der Waals surface area contributed by atoms with E-state index in [-0.39, 0.29) is 0 Å². The van der Waals surface area contributed by atoms with Crippen LogP contribution < -0.4 is 4.74 Å². The Hall–Kier alpha value is -6.73. The predicted molar refractivity (Wildman–Crippen MR) is 210 cm³/mol. The Bertz CT molecular complexity index is 3030. The fourth-order valence-corrected chi connectivity index (χ4v) is 7.96. The molecular formula is C45H34N6O. The largest absolute Gasteiger partial charge is 0.457 e. The van der Waals surface area contributed by atoms with Gasteiger partial charge in [-0.25, -0.2) is 4.98 Å². The third-order valence-corrected chi connectivity index (χ3v) is 10.4. The van der Waals surface area contributed by atoms with Crippen molar-refractivity contribution < 1.29 is 4.74 Å². The van der Waals surface area contributed by atoms with Gasteiger partial charge in [0, 0.05) is 45.6 Å². The number of hydrogen-bond acceptors (Lipinski definition) is 4. The Kier molecular flexibility index (Phi) is 6.60. The molecule has 0 saturated heterocycles. The summed E-state index contributed by atoms with van der Waals surface area (Å²) in [7, 11) is 0. The second-order valence-electron chi connectivity index (χ2n) is 13.6. The maximum absolute atomic E-state index is 6.82. The highest BCUT2D eigenvalue weighted by atomic mass is 16.5. The number of aromatic nitrogens is 6. The lowest BCUT2D eigenvalue weighted by Crippen LogP contribution is -2.07. The Labute approximate surface area is 300 Å². The number of pyridine rings is 1. The number of imidazole rings is 1. The van der Waals surface area contributed by atoms with E-state index in [9.17, 15) is 0 Å². The monoisotopic (exact) mass is 674 g/mol. The van der Waals surface area contributed by atoms with Gasteiger partial charge in [0.15, 0.2) is 11.5 Å². The summed E-state index contributed by atoms with van der Waals surface area (Å²) in [5.41, 5.74) is 10.7. The maximum Gasteiger partial charge on any atom is 0.219 e. The van der Waals surface area contributed by atoms with E-state index in [0.717, 1.165) is 94.8 Å². The first-order valence-corrected chi connectivity index (χ1v) is 17.5. The van der Waals surface area contributed by atoms with Gasteiger partial charge in [-0.2, -0.15) is 0 Å². The molecule has 4 aromatic heterocycles. The number of para-hydroxylation sites is 3. The number of hydrogen-bond donors (Lipinski definition) is 0. The van der Waals surface area contributed by atoms with Crippen molar-refractivity contribution in [3.05, 3.63) is 156 Å². The SMILES string of the molecule is Cc1cc2c3ccccc3n3c(-c4ccccc4C)nnc3c2cc1Oc1ccc2c3ccccc3n(-c3nccn3-c3c(C)cccc3C)c2c1. The third kappa shape index (κ3) is 4.42. The summed E-state index contributed by atoms with van der Waals surface area (Å²) in [5, 5.41) is 15.1. The second kappa shape index (κ2) is 11.4. The number of ether oxygens (including phenoxy) is 1. The van der Waals surface area contributed by atoms with Gasteiger partial charge < -0.3 is 4.74 Å². The second-order valence-corrected chi connectivity index (χ2v) is 13.6. The van der Waals surface area contributed by atoms with Crippen LogP contribution in [-0.2, 0) is 0 Å². The van der Waals surface area contributed by atoms with E-state index in [2.05, 4.69) is 163 Å². The summed E-state index contributed by atoms with van der Waals surface area (Å²) in [6.45, 7) is 8.51. The van der Waals surface area contributed by atoms with E-state index in [1.54, 1.807) is 0 Å². The van der Waals surface area contributed by atoms with Crippen molar-refractivity contribution >= 4 is 49.1 Å². The van der Waals surface area contributed by atoms with Gasteiger partial charge in [-0.1, -0.05) is 78.9 Å². The minimum Gasteiger partial charge on any atom is -0.457 e. The van der Waals surface area contributed by atoms with Gasteiger partial charge in [0.1, 0.15) is 11.5 Å². The van der Waals surface area contributed by atoms with E-state index >= 15 is 0 Å². The summed E-state index contributed by atoms with van der Waals surface area (Å²) in [4.78, 5) is 4.93. The van der Waals surface area contributed by atoms with Crippen LogP contribution in [-0.4, -0.2) is 28.7 Å². The van der Waals surface area contributed by atoms with E-state index in [1.165, 1.54) is 11.1 Å². The van der Waals surface area contributed by atoms with E-state index in [1.807, 2.05) is 12.4 Å². The molecule has 250 valence electrons. The molecule has 52 heavy (non-hydrogen) atoms. The van der Waals surface area contributed by atoms with Crippen LogP contribution in [0.25, 0.3) is 72.2 Å². The molecule has 0 aliphatic carbocycles. The van der Waals surface area contributed by atoms with Crippen molar-refractivity contribution in [1.82, 2.24) is 28.7 Å². The fraction of sp³-hybridized carbons (Fsp3) is 0.0889. The van der Waals surface area contributed by atoms with E-state index in [0.29, 0.717) is 0 Å². The molecule has 10 aromatic rings. The van der Waals surface area contributed by atoms with Gasteiger partial charge in [-0.05, 0) is 91.7 Å². The number of benzene rings is 6. The normalized spacial score (nSPS) is 11.8. The number of aryl methyl sites for hydroxylation is 4. The molecule has 0 atom stereocenters. The van der Waals surface area contributed by atoms with Crippen molar-refractivity contribution in [3.63, 3.8) is 0 Å². The molecule has 7 nitrogen and oxygen atoms in total. The zero-order valence-electron chi connectivity index (χ0n) is 29.3. The Balaban J connectivity index is 1.16. The van der Waals surface area contributed by atoms with E-state index < -0.39 is 0 Å². The number of nitrogens with zero attached hydrogens (tertiary/aromatic N) is 6. The van der Waals surface area contributed by atoms with E-state index in [4.69, 9.17) is 19.9 Å². The molecule has 6 aromatic carbocycles. The number of fused-ring (bicyclic) bond motifs is 9. The molecule has 0 aliphatic heterocycles. The smallest absolute Gasteiger partial charge is 0.219 e. The summed E-state index contributed by atoms with van der Waals surface area (Å²) in [6.07, 6.45) is 3.92. The van der Waals surface area contributed by atoms with Gasteiger partial charge >= 0.3 is 0 Å². The predicted octanol–water partition coefficient (Wildman–Crippen LogP) is 11.0. The molecule has 0 N–H and O–H groups in total. The lowest BCUT2D eigenvalue weighted by atomic mass is 10.0. The average molecular weight is 675 g/mol. The molecule has 0 amide bonds. The van der Waals surface area contributed by atoms with Gasteiger partial charge in [0.25, 0.3) is 0 Å². The average Bonchev–Trinajstić information content (AvgIpc) is 3.89. The van der Waals surface area contributed by atoms with Crippen molar-refractivity contribution in [2.45, 2.75) is 27.7 Å². The minimum atomic E-state index is 0.739. The maximum atomic E-state index is 6.82. The van der Waals surface area contributed by atoms with Crippen molar-refractivity contribution in [2.24, 2.45) is 0 Å². The highest BCUT2D eigenvalue weighted by Crippen LogP contribution is 2.40. The molecule has 7 heteroatoms. The van der Waals surface area contributed by atoms with Gasteiger partial charge in [-0.3, -0.25) is 13.5 Å². The Morgan fingerprint density at radius 1 is 0.538 bits per heavy atom. The zero-order valence-corrected chi connectivity index (χ0v) is 29.3. The first-order chi connectivity index (χ1) is 25.5. The van der Waals surface area contributed by atoms with Crippen LogP contribution >= 0.6 is 0 Å². The van der Waals surface area contributed by atoms with Crippen molar-refractivity contribution in [1.29, 1.82) is 0 Å². The van der Waals surface area contributed by atoms with Crippen LogP contribution in [0.3, 0.4) is 0 Å². The first-order valence-electron chi connectivity index (χ1n) is 17.5. The Morgan fingerprint density at radius 3 is 2.04 bits per heavy atom. The highest BCUT2D eigenvalue weighted by molar-refractivity contribution is 6.13. The zero-order chi connectivity index (χ0) is 35.1. The minimum absolute atomic E-state index is 0.739. The van der Waals surface area contributed by atoms with Gasteiger partial charge in [-0.15, -0.1) is 10.2 Å². The van der Waals surface area contributed by atoms with Crippen LogP contribution in [0.15, 0.2) is 134 Å². The quantitative estimate of drug-likeness (QED) is 0.171. The molecule has 0 unspecified atom stereocenters. The lowest BCUT2D eigenvalue weighted by molar-refractivity contribution is 0.480. The lowest BCUT2D eigenvalue weighted by Gasteiger charge is -2.16. The van der Waals surface area contributed by atoms with Gasteiger partial charge in [0.05, 0.1) is 22.2 Å². The Morgan fingerprint density at radius 2 is 1.23 bits per heavy atom. The molecule has 10 rings (SSSR count). The van der Waals surface area contributed by atoms with Gasteiger partial charge in [0.2, 0.25) is 5.95 Å². The van der Waals surface area contributed by atoms with Crippen LogP contribution in [0.4, 0.5) is 0 Å². The molecule has 0 aliphatic rings. The van der Waals surface area contributed by atoms with Crippen molar-refractivity contribution in [3.8, 4) is 34.5 Å². The van der Waals surface area contributed by atoms with Crippen LogP contribution in [0.2, 0.25) is 0 Å². The van der Waals surface area contributed by atoms with Crippen LogP contribution in [0.5, 0.6) is 11.5 Å². The third-order valence-electron chi connectivity index (χ3n) is 10.4. The molecule has 0 bridgehead atoms. The highest BCUT2D eigenvalue weighted by Gasteiger charge is 2.21. The number of rotatable bonds is 5. The molecule has 4 heterocycles. The summed E-state index contributed by atoms with van der Waals surface area (Å²) < 4.78 is 13.4. The van der Waals surface area contributed by atoms with Crippen molar-refractivity contribution in [2.75, 3.05) is 0 Å². The summed E-state index contributed by atoms with van der Waals surface area (Å²) in [5.74, 6) is 3.16. The van der Waals surface area contributed by atoms with Crippen LogP contribution in [0.1, 0.15) is 22.3 Å². The topological polar surface area (TPSA) is 62.2 Å². The molecular weight excluding hydrogens is 641 g/mol. The molecule has 0 fully saturated rings. The summed E-state index contributed by atoms with van der Waals surface area (Å²) >= 11 is 0.